The van der Waals surface area contributed by atoms with Crippen molar-refractivity contribution >= 4 is 49.4 Å². The Hall–Kier alpha value is -3.37. The molecule has 8 nitrogen and oxygen atoms in total. The van der Waals surface area contributed by atoms with Crippen molar-refractivity contribution in [3.8, 4) is 5.75 Å². The SMILES string of the molecule is CCN(CC)c1ccc(/C=N/NC(=O)CN(c2ccc(C)cc2)S(=O)(=O)c2ccc(OC)c(Br)c2)cc1. The molecule has 3 rings (SSSR count). The number of benzene rings is 3. The maximum absolute atomic E-state index is 13.6. The van der Waals surface area contributed by atoms with Gasteiger partial charge in [-0.1, -0.05) is 29.8 Å². The van der Waals surface area contributed by atoms with Gasteiger partial charge in [0, 0.05) is 18.8 Å². The Kier molecular flexibility index (Phi) is 9.71. The van der Waals surface area contributed by atoms with Crippen molar-refractivity contribution in [2.45, 2.75) is 25.7 Å². The van der Waals surface area contributed by atoms with E-state index in [0.717, 1.165) is 34.2 Å². The first-order valence-electron chi connectivity index (χ1n) is 11.8. The zero-order chi connectivity index (χ0) is 27.0. The van der Waals surface area contributed by atoms with E-state index in [1.54, 1.807) is 30.3 Å². The Balaban J connectivity index is 1.79. The first-order valence-corrected chi connectivity index (χ1v) is 14.0. The molecule has 196 valence electrons. The molecule has 37 heavy (non-hydrogen) atoms. The van der Waals surface area contributed by atoms with Crippen LogP contribution in [0.5, 0.6) is 5.75 Å². The average Bonchev–Trinajstić information content (AvgIpc) is 2.89. The van der Waals surface area contributed by atoms with E-state index < -0.39 is 22.5 Å². The summed E-state index contributed by atoms with van der Waals surface area (Å²) < 4.78 is 33.9. The second-order valence-corrected chi connectivity index (χ2v) is 10.9. The van der Waals surface area contributed by atoms with Gasteiger partial charge in [0.05, 0.1) is 28.4 Å². The molecule has 0 atom stereocenters. The average molecular weight is 588 g/mol. The minimum absolute atomic E-state index is 0.0188. The molecule has 0 bridgehead atoms. The van der Waals surface area contributed by atoms with Gasteiger partial charge in [0.1, 0.15) is 12.3 Å². The fourth-order valence-electron chi connectivity index (χ4n) is 3.67. The highest BCUT2D eigenvalue weighted by molar-refractivity contribution is 9.10. The van der Waals surface area contributed by atoms with Crippen molar-refractivity contribution < 1.29 is 17.9 Å². The zero-order valence-electron chi connectivity index (χ0n) is 21.3. The third-order valence-electron chi connectivity index (χ3n) is 5.74. The molecule has 3 aromatic rings. The fraction of sp³-hybridized carbons (Fsp3) is 0.259. The maximum Gasteiger partial charge on any atom is 0.264 e. The normalized spacial score (nSPS) is 11.4. The summed E-state index contributed by atoms with van der Waals surface area (Å²) in [4.78, 5) is 15.0. The van der Waals surface area contributed by atoms with Gasteiger partial charge in [-0.25, -0.2) is 13.8 Å². The van der Waals surface area contributed by atoms with Crippen molar-refractivity contribution in [3.63, 3.8) is 0 Å². The largest absolute Gasteiger partial charge is 0.496 e. The second-order valence-electron chi connectivity index (χ2n) is 8.20. The number of anilines is 2. The van der Waals surface area contributed by atoms with Crippen LogP contribution in [0.1, 0.15) is 25.0 Å². The summed E-state index contributed by atoms with van der Waals surface area (Å²) >= 11 is 3.33. The number of rotatable bonds is 11. The van der Waals surface area contributed by atoms with Gasteiger partial charge in [0.25, 0.3) is 15.9 Å². The zero-order valence-corrected chi connectivity index (χ0v) is 23.7. The van der Waals surface area contributed by atoms with Gasteiger partial charge in [-0.05, 0) is 84.7 Å². The van der Waals surface area contributed by atoms with Crippen LogP contribution in [0.25, 0.3) is 0 Å². The standard InChI is InChI=1S/C27H31BrN4O4S/c1-5-31(6-2)22-13-9-21(10-14-22)18-29-30-27(33)19-32(23-11-7-20(3)8-12-23)37(34,35)24-15-16-26(36-4)25(28)17-24/h7-18H,5-6,19H2,1-4H3,(H,30,33)/b29-18+. The van der Waals surface area contributed by atoms with Gasteiger partial charge in [0.2, 0.25) is 0 Å². The molecule has 0 aliphatic carbocycles. The number of ether oxygens (including phenoxy) is 1. The molecule has 3 aromatic carbocycles. The van der Waals surface area contributed by atoms with Crippen LogP contribution in [0.4, 0.5) is 11.4 Å². The van der Waals surface area contributed by atoms with Gasteiger partial charge >= 0.3 is 0 Å². The Morgan fingerprint density at radius 1 is 1.00 bits per heavy atom. The van der Waals surface area contributed by atoms with Gasteiger partial charge in [-0.3, -0.25) is 9.10 Å². The molecule has 0 aliphatic heterocycles. The van der Waals surface area contributed by atoms with Crippen LogP contribution in [-0.4, -0.2) is 47.3 Å². The van der Waals surface area contributed by atoms with Crippen LogP contribution >= 0.6 is 15.9 Å². The highest BCUT2D eigenvalue weighted by atomic mass is 79.9. The van der Waals surface area contributed by atoms with Crippen molar-refractivity contribution in [2.24, 2.45) is 5.10 Å². The Morgan fingerprint density at radius 2 is 1.62 bits per heavy atom. The van der Waals surface area contributed by atoms with E-state index in [2.05, 4.69) is 45.2 Å². The highest BCUT2D eigenvalue weighted by Crippen LogP contribution is 2.30. The monoisotopic (exact) mass is 586 g/mol. The van der Waals surface area contributed by atoms with E-state index in [9.17, 15) is 13.2 Å². The van der Waals surface area contributed by atoms with Crippen LogP contribution in [0.3, 0.4) is 0 Å². The third-order valence-corrected chi connectivity index (χ3v) is 8.13. The number of carbonyl (C=O) groups is 1. The van der Waals surface area contributed by atoms with Crippen LogP contribution in [0, 0.1) is 6.92 Å². The number of hydrazone groups is 1. The lowest BCUT2D eigenvalue weighted by Crippen LogP contribution is -2.39. The summed E-state index contributed by atoms with van der Waals surface area (Å²) in [6.45, 7) is 7.47. The number of methoxy groups -OCH3 is 1. The smallest absolute Gasteiger partial charge is 0.264 e. The van der Waals surface area contributed by atoms with Gasteiger partial charge in [-0.15, -0.1) is 0 Å². The molecule has 0 fully saturated rings. The molecular formula is C27H31BrN4O4S. The van der Waals surface area contributed by atoms with E-state index in [1.165, 1.54) is 25.5 Å². The summed E-state index contributed by atoms with van der Waals surface area (Å²) in [6.07, 6.45) is 1.52. The number of hydrogen-bond acceptors (Lipinski definition) is 6. The predicted octanol–water partition coefficient (Wildman–Crippen LogP) is 4.96. The lowest BCUT2D eigenvalue weighted by Gasteiger charge is -2.24. The van der Waals surface area contributed by atoms with Crippen molar-refractivity contribution in [1.82, 2.24) is 5.43 Å². The van der Waals surface area contributed by atoms with E-state index >= 15 is 0 Å². The number of nitrogens with zero attached hydrogens (tertiary/aromatic N) is 3. The second kappa shape index (κ2) is 12.7. The molecule has 0 spiro atoms. The molecular weight excluding hydrogens is 556 g/mol. The number of hydrogen-bond donors (Lipinski definition) is 1. The van der Waals surface area contributed by atoms with Crippen molar-refractivity contribution in [2.75, 3.05) is 35.9 Å². The number of aryl methyl sites for hydroxylation is 1. The first kappa shape index (κ1) is 28.2. The molecule has 0 radical (unpaired) electrons. The molecule has 1 amide bonds. The van der Waals surface area contributed by atoms with E-state index in [-0.39, 0.29) is 4.90 Å². The molecule has 0 aliphatic rings. The number of carbonyl (C=O) groups excluding carboxylic acids is 1. The number of sulfonamides is 1. The van der Waals surface area contributed by atoms with Crippen LogP contribution in [0.15, 0.2) is 81.2 Å². The Morgan fingerprint density at radius 3 is 2.19 bits per heavy atom. The van der Waals surface area contributed by atoms with Crippen LogP contribution in [-0.2, 0) is 14.8 Å². The topological polar surface area (TPSA) is 91.3 Å². The minimum Gasteiger partial charge on any atom is -0.496 e. The molecule has 0 aromatic heterocycles. The van der Waals surface area contributed by atoms with E-state index in [1.807, 2.05) is 31.2 Å². The van der Waals surface area contributed by atoms with E-state index in [4.69, 9.17) is 4.74 Å². The fourth-order valence-corrected chi connectivity index (χ4v) is 5.81. The third kappa shape index (κ3) is 7.11. The summed E-state index contributed by atoms with van der Waals surface area (Å²) in [5.41, 5.74) is 5.69. The molecule has 1 N–H and O–H groups in total. The number of nitrogens with one attached hydrogen (secondary N) is 1. The van der Waals surface area contributed by atoms with Crippen LogP contribution < -0.4 is 19.4 Å². The van der Waals surface area contributed by atoms with Gasteiger partial charge in [0.15, 0.2) is 0 Å². The maximum atomic E-state index is 13.6. The molecule has 0 saturated carbocycles. The highest BCUT2D eigenvalue weighted by Gasteiger charge is 2.28. The summed E-state index contributed by atoms with van der Waals surface area (Å²) in [6, 6.07) is 19.2. The lowest BCUT2D eigenvalue weighted by molar-refractivity contribution is -0.119. The summed E-state index contributed by atoms with van der Waals surface area (Å²) in [7, 11) is -2.58. The Labute approximate surface area is 227 Å². The molecule has 0 unspecified atom stereocenters. The van der Waals surface area contributed by atoms with Crippen molar-refractivity contribution in [3.05, 3.63) is 82.3 Å². The quantitative estimate of drug-likeness (QED) is 0.253. The van der Waals surface area contributed by atoms with E-state index in [0.29, 0.717) is 15.9 Å². The summed E-state index contributed by atoms with van der Waals surface area (Å²) in [5, 5.41) is 4.03. The van der Waals surface area contributed by atoms with Gasteiger partial charge < -0.3 is 9.64 Å². The number of halogens is 1. The first-order chi connectivity index (χ1) is 17.7. The molecule has 10 heteroatoms. The van der Waals surface area contributed by atoms with Crippen LogP contribution in [0.2, 0.25) is 0 Å². The minimum atomic E-state index is -4.07. The van der Waals surface area contributed by atoms with Crippen molar-refractivity contribution in [1.29, 1.82) is 0 Å². The van der Waals surface area contributed by atoms with Gasteiger partial charge in [-0.2, -0.15) is 5.10 Å². The summed E-state index contributed by atoms with van der Waals surface area (Å²) in [5.74, 6) is -0.0780. The predicted molar refractivity (Wildman–Crippen MR) is 152 cm³/mol. The number of amides is 1. The molecule has 0 heterocycles. The molecule has 0 saturated heterocycles. The lowest BCUT2D eigenvalue weighted by atomic mass is 10.2. The Bertz CT molecular complexity index is 1340.